The van der Waals surface area contributed by atoms with Gasteiger partial charge in [0, 0.05) is 41.9 Å². The summed E-state index contributed by atoms with van der Waals surface area (Å²) in [6, 6.07) is 28.0. The SMILES string of the molecule is CC(C)CC1NC(=O)C(C)NC(=O)C(NC(=O)C(N)Cc2ccccc2)Cc2cn(c3ccccc23)C23CC(NC1=O)C(=O)N1C(Cc4ccccc4)C(=O)N(c4ccccc42)C13. The average Bonchev–Trinajstić information content (AvgIpc) is 3.89. The number of nitrogens with zero attached hydrogens (tertiary/aromatic N) is 3. The zero-order chi connectivity index (χ0) is 44.2. The molecule has 8 unspecified atom stereocenters. The van der Waals surface area contributed by atoms with Crippen LogP contribution in [0.5, 0.6) is 0 Å². The fourth-order valence-corrected chi connectivity index (χ4v) is 10.2. The Bertz CT molecular complexity index is 2610. The maximum atomic E-state index is 15.2. The number of carbonyl (C=O) groups is 6. The van der Waals surface area contributed by atoms with E-state index >= 15 is 4.79 Å². The van der Waals surface area contributed by atoms with Crippen LogP contribution < -0.4 is 31.9 Å². The average molecular weight is 849 g/mol. The van der Waals surface area contributed by atoms with E-state index in [9.17, 15) is 24.0 Å². The first kappa shape index (κ1) is 41.5. The number of nitrogens with one attached hydrogen (secondary N) is 4. The second kappa shape index (κ2) is 16.5. The third kappa shape index (κ3) is 7.31. The van der Waals surface area contributed by atoms with Crippen molar-refractivity contribution < 1.29 is 28.8 Å². The number of fused-ring (bicyclic) bond motifs is 8. The summed E-state index contributed by atoms with van der Waals surface area (Å²) in [4.78, 5) is 90.3. The van der Waals surface area contributed by atoms with Gasteiger partial charge in [-0.3, -0.25) is 33.7 Å². The molecule has 4 aromatic carbocycles. The van der Waals surface area contributed by atoms with Crippen molar-refractivity contribution in [1.29, 1.82) is 0 Å². The summed E-state index contributed by atoms with van der Waals surface area (Å²) in [5, 5.41) is 12.4. The van der Waals surface area contributed by atoms with Gasteiger partial charge in [-0.05, 0) is 54.5 Å². The normalized spacial score (nSPS) is 26.2. The van der Waals surface area contributed by atoms with Gasteiger partial charge in [0.15, 0.2) is 0 Å². The van der Waals surface area contributed by atoms with E-state index in [2.05, 4.69) is 25.8 Å². The minimum Gasteiger partial charge on any atom is -0.343 e. The van der Waals surface area contributed by atoms with Gasteiger partial charge in [-0.1, -0.05) is 111 Å². The van der Waals surface area contributed by atoms with E-state index in [4.69, 9.17) is 5.73 Å². The summed E-state index contributed by atoms with van der Waals surface area (Å²) in [5.41, 5.74) is 9.97. The predicted molar refractivity (Wildman–Crippen MR) is 237 cm³/mol. The highest BCUT2D eigenvalue weighted by Crippen LogP contribution is 2.57. The van der Waals surface area contributed by atoms with Crippen LogP contribution in [0.1, 0.15) is 55.9 Å². The van der Waals surface area contributed by atoms with E-state index in [1.165, 1.54) is 6.92 Å². The molecule has 2 saturated heterocycles. The van der Waals surface area contributed by atoms with Crippen LogP contribution in [0.2, 0.25) is 0 Å². The lowest BCUT2D eigenvalue weighted by Crippen LogP contribution is -2.68. The van der Waals surface area contributed by atoms with Crippen molar-refractivity contribution in [3.8, 4) is 0 Å². The number of aromatic nitrogens is 1. The third-order valence-electron chi connectivity index (χ3n) is 13.1. The molecule has 1 spiro atoms. The molecule has 63 heavy (non-hydrogen) atoms. The summed E-state index contributed by atoms with van der Waals surface area (Å²) in [5.74, 6) is -2.98. The zero-order valence-corrected chi connectivity index (χ0v) is 35.5. The van der Waals surface area contributed by atoms with Crippen molar-refractivity contribution in [3.05, 3.63) is 138 Å². The predicted octanol–water partition coefficient (Wildman–Crippen LogP) is 3.05. The molecule has 6 N–H and O–H groups in total. The number of hydrogen-bond donors (Lipinski definition) is 5. The second-order valence-electron chi connectivity index (χ2n) is 17.8. The van der Waals surface area contributed by atoms with Gasteiger partial charge < -0.3 is 36.5 Å². The van der Waals surface area contributed by atoms with Crippen LogP contribution in [0.3, 0.4) is 0 Å². The molecule has 1 aromatic heterocycles. The van der Waals surface area contributed by atoms with Gasteiger partial charge in [0.2, 0.25) is 29.5 Å². The van der Waals surface area contributed by atoms with E-state index in [-0.39, 0.29) is 43.9 Å². The van der Waals surface area contributed by atoms with Gasteiger partial charge in [-0.25, -0.2) is 0 Å². The van der Waals surface area contributed by atoms with Crippen molar-refractivity contribution in [2.75, 3.05) is 4.90 Å². The fraction of sp³-hybridized carbons (Fsp3) is 0.347. The highest BCUT2D eigenvalue weighted by molar-refractivity contribution is 6.08. The molecule has 8 atom stereocenters. The lowest BCUT2D eigenvalue weighted by molar-refractivity contribution is -0.147. The molecular formula is C49H52N8O6. The molecule has 4 aliphatic rings. The molecule has 324 valence electrons. The van der Waals surface area contributed by atoms with Crippen LogP contribution in [-0.4, -0.2) is 87.3 Å². The number of nitrogens with two attached hydrogens (primary N) is 1. The zero-order valence-electron chi connectivity index (χ0n) is 35.5. The topological polar surface area (TPSA) is 188 Å². The first-order valence-electron chi connectivity index (χ1n) is 21.7. The number of rotatable bonds is 8. The Balaban J connectivity index is 1.22. The summed E-state index contributed by atoms with van der Waals surface area (Å²) in [6.07, 6.45) is 1.95. The Labute approximate surface area is 365 Å². The molecular weight excluding hydrogens is 797 g/mol. The van der Waals surface area contributed by atoms with Crippen LogP contribution in [-0.2, 0) is 53.6 Å². The maximum Gasteiger partial charge on any atom is 0.252 e. The minimum atomic E-state index is -1.18. The molecule has 0 aliphatic carbocycles. The van der Waals surface area contributed by atoms with E-state index < -0.39 is 77.5 Å². The molecule has 5 aromatic rings. The Morgan fingerprint density at radius 2 is 1.46 bits per heavy atom. The Hall–Kier alpha value is -6.80. The number of amides is 6. The summed E-state index contributed by atoms with van der Waals surface area (Å²) in [7, 11) is 0. The molecule has 2 fully saturated rings. The number of para-hydroxylation sites is 2. The largest absolute Gasteiger partial charge is 0.343 e. The van der Waals surface area contributed by atoms with Crippen molar-refractivity contribution in [1.82, 2.24) is 30.7 Å². The molecule has 4 aliphatic heterocycles. The van der Waals surface area contributed by atoms with Gasteiger partial charge in [-0.2, -0.15) is 0 Å². The van der Waals surface area contributed by atoms with Crippen molar-refractivity contribution in [2.24, 2.45) is 11.7 Å². The van der Waals surface area contributed by atoms with Crippen LogP contribution >= 0.6 is 0 Å². The first-order chi connectivity index (χ1) is 30.3. The molecule has 14 nitrogen and oxygen atoms in total. The van der Waals surface area contributed by atoms with Crippen LogP contribution in [0.25, 0.3) is 10.9 Å². The third-order valence-corrected chi connectivity index (χ3v) is 13.1. The van der Waals surface area contributed by atoms with E-state index in [1.54, 1.807) is 9.80 Å². The van der Waals surface area contributed by atoms with E-state index in [0.717, 1.165) is 27.6 Å². The van der Waals surface area contributed by atoms with Gasteiger partial charge in [0.05, 0.1) is 11.7 Å². The van der Waals surface area contributed by atoms with Gasteiger partial charge in [0.25, 0.3) is 5.91 Å². The van der Waals surface area contributed by atoms with Gasteiger partial charge in [-0.15, -0.1) is 0 Å². The number of piperidine rings is 1. The second-order valence-corrected chi connectivity index (χ2v) is 17.8. The number of anilines is 1. The fourth-order valence-electron chi connectivity index (χ4n) is 10.2. The Kier molecular flexibility index (Phi) is 10.9. The number of benzene rings is 4. The number of hydrogen-bond acceptors (Lipinski definition) is 7. The van der Waals surface area contributed by atoms with E-state index in [0.29, 0.717) is 11.3 Å². The minimum absolute atomic E-state index is 0.0118. The molecule has 0 radical (unpaired) electrons. The van der Waals surface area contributed by atoms with E-state index in [1.807, 2.05) is 129 Å². The van der Waals surface area contributed by atoms with Crippen LogP contribution in [0.4, 0.5) is 5.69 Å². The number of carbonyl (C=O) groups excluding carboxylic acids is 6. The summed E-state index contributed by atoms with van der Waals surface area (Å²) < 4.78 is 2.11. The smallest absolute Gasteiger partial charge is 0.252 e. The van der Waals surface area contributed by atoms with Crippen molar-refractivity contribution in [2.45, 2.75) is 101 Å². The molecule has 5 heterocycles. The standard InChI is InChI=1S/C49H52N8O6/c1-28(2)22-36-45(61)54-38-26-49(34-19-11-13-21-40(34)56-47(63)41(57(46(38)62)48(49)56)24-31-16-8-5-9-17-31)55-27-32(33-18-10-12-20-39(33)55)25-37(44(60)51-29(3)42(58)52-36)53-43(59)35(50)23-30-14-6-4-7-15-30/h4-21,27-29,35-38,41,48H,22-26,50H2,1-3H3,(H,51,60)(H,52,58)(H,53,59)(H,54,61). The Morgan fingerprint density at radius 3 is 2.19 bits per heavy atom. The van der Waals surface area contributed by atoms with Crippen LogP contribution in [0.15, 0.2) is 115 Å². The monoisotopic (exact) mass is 848 g/mol. The van der Waals surface area contributed by atoms with Crippen molar-refractivity contribution in [3.63, 3.8) is 0 Å². The Morgan fingerprint density at radius 1 is 0.794 bits per heavy atom. The quantitative estimate of drug-likeness (QED) is 0.159. The summed E-state index contributed by atoms with van der Waals surface area (Å²) in [6.45, 7) is 5.36. The lowest BCUT2D eigenvalue weighted by atomic mass is 9.78. The first-order valence-corrected chi connectivity index (χ1v) is 21.7. The molecule has 9 rings (SSSR count). The molecule has 4 bridgehead atoms. The van der Waals surface area contributed by atoms with Crippen molar-refractivity contribution >= 4 is 52.0 Å². The van der Waals surface area contributed by atoms with Crippen LogP contribution in [0, 0.1) is 5.92 Å². The van der Waals surface area contributed by atoms with Gasteiger partial charge >= 0.3 is 0 Å². The highest BCUT2D eigenvalue weighted by atomic mass is 16.2. The van der Waals surface area contributed by atoms with Gasteiger partial charge in [0.1, 0.15) is 41.9 Å². The summed E-state index contributed by atoms with van der Waals surface area (Å²) >= 11 is 0. The molecule has 0 saturated carbocycles. The highest BCUT2D eigenvalue weighted by Gasteiger charge is 2.68. The maximum absolute atomic E-state index is 15.2. The molecule has 14 heteroatoms. The lowest BCUT2D eigenvalue weighted by Gasteiger charge is -2.49. The molecule has 6 amide bonds.